The van der Waals surface area contributed by atoms with Crippen LogP contribution in [0.25, 0.3) is 0 Å². The van der Waals surface area contributed by atoms with Crippen LogP contribution in [0.2, 0.25) is 0 Å². The first-order chi connectivity index (χ1) is 10.2. The van der Waals surface area contributed by atoms with E-state index in [0.29, 0.717) is 6.42 Å². The average Bonchev–Trinajstić information content (AvgIpc) is 2.42. The fourth-order valence-corrected chi connectivity index (χ4v) is 3.47. The monoisotopic (exact) mass is 355 g/mol. The van der Waals surface area contributed by atoms with Gasteiger partial charge in [-0.25, -0.2) is 8.42 Å². The summed E-state index contributed by atoms with van der Waals surface area (Å²) in [5.41, 5.74) is 0. The van der Waals surface area contributed by atoms with Crippen molar-refractivity contribution >= 4 is 10.1 Å². The minimum absolute atomic E-state index is 0. The lowest BCUT2D eigenvalue weighted by atomic mass is 9.94. The zero-order valence-electron chi connectivity index (χ0n) is 15.6. The molecule has 0 atom stereocenters. The molecular formula is C17H38FNO3S. The van der Waals surface area contributed by atoms with Crippen LogP contribution < -0.4 is 0 Å². The number of hydrogen-bond acceptors (Lipinski definition) is 3. The van der Waals surface area contributed by atoms with Crippen LogP contribution in [-0.2, 0) is 10.1 Å². The van der Waals surface area contributed by atoms with E-state index in [-0.39, 0.29) is 10.5 Å². The molecule has 1 aliphatic carbocycles. The van der Waals surface area contributed by atoms with Crippen molar-refractivity contribution in [2.75, 3.05) is 26.9 Å². The lowest BCUT2D eigenvalue weighted by Crippen LogP contribution is -2.45. The molecule has 0 saturated heterocycles. The quantitative estimate of drug-likeness (QED) is 0.375. The molecule has 4 nitrogen and oxygen atoms in total. The summed E-state index contributed by atoms with van der Waals surface area (Å²) >= 11 is 0. The Morgan fingerprint density at radius 1 is 0.913 bits per heavy atom. The Labute approximate surface area is 143 Å². The summed E-state index contributed by atoms with van der Waals surface area (Å²) in [5.74, 6) is -0.195. The molecule has 0 aromatic rings. The van der Waals surface area contributed by atoms with Crippen molar-refractivity contribution in [1.82, 2.24) is 0 Å². The number of halogens is 1. The van der Waals surface area contributed by atoms with Crippen molar-refractivity contribution in [1.29, 1.82) is 0 Å². The highest BCUT2D eigenvalue weighted by atomic mass is 32.2. The number of unbranched alkanes of at least 4 members (excludes halogenated alkanes) is 5. The largest absolute Gasteiger partial charge is 0.748 e. The molecule has 1 rings (SSSR count). The summed E-state index contributed by atoms with van der Waals surface area (Å²) in [7, 11) is 2.98. The van der Waals surface area contributed by atoms with Gasteiger partial charge in [-0.05, 0) is 32.1 Å². The molecule has 23 heavy (non-hydrogen) atoms. The van der Waals surface area contributed by atoms with E-state index in [4.69, 9.17) is 0 Å². The van der Waals surface area contributed by atoms with E-state index in [0.717, 1.165) is 25.3 Å². The third kappa shape index (κ3) is 16.4. The van der Waals surface area contributed by atoms with Crippen LogP contribution in [0.4, 0.5) is 4.70 Å². The third-order valence-electron chi connectivity index (χ3n) is 4.42. The number of nitrogens with zero attached hydrogens (tertiary/aromatic N) is 1. The molecule has 0 radical (unpaired) electrons. The Hall–Kier alpha value is -0.200. The maximum Gasteiger partial charge on any atom is 0.0945 e. The zero-order chi connectivity index (χ0) is 17.1. The van der Waals surface area contributed by atoms with Gasteiger partial charge >= 0.3 is 0 Å². The molecule has 0 N–H and O–H groups in total. The highest BCUT2D eigenvalue weighted by molar-refractivity contribution is 7.85. The fourth-order valence-electron chi connectivity index (χ4n) is 2.91. The second-order valence-corrected chi connectivity index (χ2v) is 8.96. The van der Waals surface area contributed by atoms with Gasteiger partial charge in [0.15, 0.2) is 0 Å². The molecule has 0 bridgehead atoms. The van der Waals surface area contributed by atoms with Gasteiger partial charge in [0.05, 0.1) is 37.3 Å². The Bertz CT molecular complexity index is 361. The smallest absolute Gasteiger partial charge is 0.0945 e. The third-order valence-corrected chi connectivity index (χ3v) is 5.21. The zero-order valence-corrected chi connectivity index (χ0v) is 16.4. The topological polar surface area (TPSA) is 57.2 Å². The van der Waals surface area contributed by atoms with Crippen molar-refractivity contribution < 1.29 is 22.2 Å². The van der Waals surface area contributed by atoms with Gasteiger partial charge < -0.3 is 9.04 Å². The van der Waals surface area contributed by atoms with Crippen molar-refractivity contribution in [2.24, 2.45) is 0 Å². The van der Waals surface area contributed by atoms with E-state index in [1.54, 1.807) is 0 Å². The summed E-state index contributed by atoms with van der Waals surface area (Å²) in [6.07, 6.45) is 13.2. The highest BCUT2D eigenvalue weighted by Crippen LogP contribution is 2.23. The molecule has 142 valence electrons. The molecule has 0 unspecified atom stereocenters. The molecule has 0 aromatic heterocycles. The van der Waals surface area contributed by atoms with Crippen molar-refractivity contribution in [3.63, 3.8) is 0 Å². The summed E-state index contributed by atoms with van der Waals surface area (Å²) in [6, 6.07) is 0.939. The van der Waals surface area contributed by atoms with Gasteiger partial charge in [-0.15, -0.1) is 0 Å². The van der Waals surface area contributed by atoms with E-state index in [1.807, 2.05) is 0 Å². The van der Waals surface area contributed by atoms with Crippen molar-refractivity contribution in [3.8, 4) is 0 Å². The summed E-state index contributed by atoms with van der Waals surface area (Å²) in [5, 5.41) is 0. The molecule has 0 heterocycles. The number of hydrogen-bond donors (Lipinski definition) is 0. The maximum absolute atomic E-state index is 10.2. The van der Waals surface area contributed by atoms with Crippen LogP contribution in [-0.4, -0.2) is 50.4 Å². The van der Waals surface area contributed by atoms with Crippen LogP contribution in [0.3, 0.4) is 0 Å². The van der Waals surface area contributed by atoms with Crippen molar-refractivity contribution in [3.05, 3.63) is 0 Å². The molecule has 1 aliphatic rings. The minimum Gasteiger partial charge on any atom is -0.748 e. The lowest BCUT2D eigenvalue weighted by molar-refractivity contribution is -0.897. The first-order valence-corrected chi connectivity index (χ1v) is 10.5. The molecule has 0 amide bonds. The first kappa shape index (κ1) is 25.0. The number of rotatable bonds is 8. The van der Waals surface area contributed by atoms with E-state index in [9.17, 15) is 13.0 Å². The van der Waals surface area contributed by atoms with Gasteiger partial charge in [0.1, 0.15) is 0 Å². The lowest BCUT2D eigenvalue weighted by Gasteiger charge is -2.36. The van der Waals surface area contributed by atoms with Gasteiger partial charge in [0.25, 0.3) is 0 Å². The van der Waals surface area contributed by atoms with E-state index in [2.05, 4.69) is 28.1 Å². The van der Waals surface area contributed by atoms with Gasteiger partial charge in [-0.3, -0.25) is 4.70 Å². The molecular weight excluding hydrogens is 317 g/mol. The van der Waals surface area contributed by atoms with Crippen LogP contribution in [0.1, 0.15) is 77.6 Å². The molecule has 6 heteroatoms. The normalized spacial score (nSPS) is 16.2. The molecule has 1 fully saturated rings. The summed E-state index contributed by atoms with van der Waals surface area (Å²) < 4.78 is 31.7. The van der Waals surface area contributed by atoms with E-state index < -0.39 is 10.1 Å². The fraction of sp³-hybridized carbons (Fsp3) is 1.00. The van der Waals surface area contributed by atoms with Gasteiger partial charge in [0.2, 0.25) is 0 Å². The standard InChI is InChI=1S/C9H20N.C8H18O3S.FH/c1-10(2,3)9-7-5-4-6-8-9;1-2-3-4-5-6-7-8-12(9,10)11;/h9H,4-8H2,1-3H3;2-8H2,1H3,(H,9,10,11);1H/q+1;;/p-1. The second kappa shape index (κ2) is 13.1. The Morgan fingerprint density at radius 3 is 1.78 bits per heavy atom. The van der Waals surface area contributed by atoms with E-state index >= 15 is 0 Å². The number of quaternary nitrogens is 1. The summed E-state index contributed by atoms with van der Waals surface area (Å²) in [6.45, 7) is 2.13. The van der Waals surface area contributed by atoms with Crippen LogP contribution >= 0.6 is 0 Å². The Kier molecular flexibility index (Phi) is 14.3. The van der Waals surface area contributed by atoms with Crippen LogP contribution in [0, 0.1) is 0 Å². The molecule has 0 aliphatic heterocycles. The SMILES string of the molecule is CCCCCCCCS(=O)(=O)[O-].C[N+](C)(C)C1CCCCC1.F. The Morgan fingerprint density at radius 2 is 1.39 bits per heavy atom. The predicted octanol–water partition coefficient (Wildman–Crippen LogP) is 4.07. The molecule has 0 spiro atoms. The second-order valence-electron chi connectivity index (χ2n) is 7.44. The average molecular weight is 356 g/mol. The van der Waals surface area contributed by atoms with Crippen LogP contribution in [0.15, 0.2) is 0 Å². The predicted molar refractivity (Wildman–Crippen MR) is 95.3 cm³/mol. The van der Waals surface area contributed by atoms with Crippen molar-refractivity contribution in [2.45, 2.75) is 83.6 Å². The summed E-state index contributed by atoms with van der Waals surface area (Å²) in [4.78, 5) is 0. The van der Waals surface area contributed by atoms with Gasteiger partial charge in [-0.2, -0.15) is 0 Å². The first-order valence-electron chi connectivity index (χ1n) is 8.91. The van der Waals surface area contributed by atoms with Gasteiger partial charge in [-0.1, -0.05) is 45.4 Å². The van der Waals surface area contributed by atoms with Gasteiger partial charge in [0, 0.05) is 5.75 Å². The van der Waals surface area contributed by atoms with Crippen LogP contribution in [0.5, 0.6) is 0 Å². The highest BCUT2D eigenvalue weighted by Gasteiger charge is 2.24. The molecule has 1 saturated carbocycles. The molecule has 0 aromatic carbocycles. The minimum atomic E-state index is -3.97. The van der Waals surface area contributed by atoms with E-state index in [1.165, 1.54) is 49.4 Å². The Balaban J connectivity index is 0. The maximum atomic E-state index is 10.2.